The van der Waals surface area contributed by atoms with Gasteiger partial charge in [0.25, 0.3) is 0 Å². The maximum Gasteiger partial charge on any atom is 0.0702 e. The van der Waals surface area contributed by atoms with Crippen LogP contribution in [0.2, 0.25) is 0 Å². The quantitative estimate of drug-likeness (QED) is 0.720. The van der Waals surface area contributed by atoms with Crippen LogP contribution in [0.3, 0.4) is 0 Å². The van der Waals surface area contributed by atoms with E-state index in [1.165, 1.54) is 32.1 Å². The highest BCUT2D eigenvalue weighted by atomic mass is 16.5. The van der Waals surface area contributed by atoms with Crippen molar-refractivity contribution in [1.82, 2.24) is 5.32 Å². The molecule has 1 saturated heterocycles. The van der Waals surface area contributed by atoms with Crippen LogP contribution in [0.15, 0.2) is 0 Å². The number of hydrogen-bond acceptors (Lipinski definition) is 2. The summed E-state index contributed by atoms with van der Waals surface area (Å²) in [6, 6.07) is 0.677. The second-order valence-electron chi connectivity index (χ2n) is 5.86. The lowest BCUT2D eigenvalue weighted by atomic mass is 9.70. The number of ether oxygens (including phenoxy) is 1. The van der Waals surface area contributed by atoms with E-state index in [9.17, 15) is 0 Å². The molecule has 1 aliphatic carbocycles. The first kappa shape index (κ1) is 11.4. The average molecular weight is 211 g/mol. The van der Waals surface area contributed by atoms with Gasteiger partial charge in [0.1, 0.15) is 0 Å². The van der Waals surface area contributed by atoms with Gasteiger partial charge >= 0.3 is 0 Å². The van der Waals surface area contributed by atoms with E-state index in [2.05, 4.69) is 26.2 Å². The minimum Gasteiger partial charge on any atom is -0.375 e. The maximum absolute atomic E-state index is 6.14. The number of hydrogen-bond donors (Lipinski definition) is 1. The molecule has 2 nitrogen and oxygen atoms in total. The normalized spacial score (nSPS) is 47.0. The Morgan fingerprint density at radius 2 is 1.80 bits per heavy atom. The largest absolute Gasteiger partial charge is 0.375 e. The summed E-state index contributed by atoms with van der Waals surface area (Å²) in [6.45, 7) is 5.71. The van der Waals surface area contributed by atoms with Crippen LogP contribution in [0.25, 0.3) is 0 Å². The zero-order valence-corrected chi connectivity index (χ0v) is 10.4. The molecule has 1 N–H and O–H groups in total. The Bertz CT molecular complexity index is 207. The van der Waals surface area contributed by atoms with E-state index in [4.69, 9.17) is 4.74 Å². The van der Waals surface area contributed by atoms with Gasteiger partial charge in [-0.1, -0.05) is 13.8 Å². The molecule has 0 radical (unpaired) electrons. The second kappa shape index (κ2) is 4.42. The van der Waals surface area contributed by atoms with Crippen molar-refractivity contribution in [2.75, 3.05) is 13.7 Å². The molecule has 0 amide bonds. The van der Waals surface area contributed by atoms with Crippen molar-refractivity contribution in [2.24, 2.45) is 11.8 Å². The van der Waals surface area contributed by atoms with Crippen molar-refractivity contribution in [3.8, 4) is 0 Å². The Kier molecular flexibility index (Phi) is 3.36. The summed E-state index contributed by atoms with van der Waals surface area (Å²) in [4.78, 5) is 0. The molecule has 0 aromatic rings. The summed E-state index contributed by atoms with van der Waals surface area (Å²) >= 11 is 0. The third kappa shape index (κ3) is 2.54. The predicted molar refractivity (Wildman–Crippen MR) is 62.9 cm³/mol. The van der Waals surface area contributed by atoms with Crippen molar-refractivity contribution in [3.05, 3.63) is 0 Å². The van der Waals surface area contributed by atoms with Crippen LogP contribution in [-0.2, 0) is 4.74 Å². The van der Waals surface area contributed by atoms with E-state index in [1.807, 2.05) is 0 Å². The molecule has 2 heteroatoms. The Morgan fingerprint density at radius 3 is 2.40 bits per heavy atom. The Balaban J connectivity index is 2.04. The van der Waals surface area contributed by atoms with E-state index in [0.29, 0.717) is 6.04 Å². The monoisotopic (exact) mass is 211 g/mol. The fourth-order valence-corrected chi connectivity index (χ4v) is 3.77. The maximum atomic E-state index is 6.14. The van der Waals surface area contributed by atoms with Crippen LogP contribution in [0, 0.1) is 11.8 Å². The van der Waals surface area contributed by atoms with Gasteiger partial charge in [-0.25, -0.2) is 0 Å². The lowest BCUT2D eigenvalue weighted by Gasteiger charge is -2.47. The Labute approximate surface area is 93.8 Å². The molecule has 88 valence electrons. The van der Waals surface area contributed by atoms with Crippen LogP contribution in [0.4, 0.5) is 0 Å². The number of rotatable bonds is 1. The van der Waals surface area contributed by atoms with Gasteiger partial charge in [-0.2, -0.15) is 0 Å². The van der Waals surface area contributed by atoms with Crippen LogP contribution in [0.1, 0.15) is 46.0 Å². The SMILES string of the molecule is CNC1CCOC2(CC(C)CC(C)C2)C1. The number of nitrogens with one attached hydrogen (secondary N) is 1. The molecule has 1 saturated carbocycles. The summed E-state index contributed by atoms with van der Waals surface area (Å²) < 4.78 is 6.14. The average Bonchev–Trinajstić information content (AvgIpc) is 2.15. The fourth-order valence-electron chi connectivity index (χ4n) is 3.77. The molecular formula is C13H25NO. The first-order valence-corrected chi connectivity index (χ1v) is 6.45. The third-order valence-corrected chi connectivity index (χ3v) is 4.15. The van der Waals surface area contributed by atoms with Crippen molar-refractivity contribution in [3.63, 3.8) is 0 Å². The highest BCUT2D eigenvalue weighted by molar-refractivity contribution is 4.95. The first-order valence-electron chi connectivity index (χ1n) is 6.45. The fraction of sp³-hybridized carbons (Fsp3) is 1.00. The molecule has 3 atom stereocenters. The molecule has 15 heavy (non-hydrogen) atoms. The zero-order chi connectivity index (χ0) is 10.9. The molecule has 2 aliphatic rings. The van der Waals surface area contributed by atoms with E-state index in [1.54, 1.807) is 0 Å². The van der Waals surface area contributed by atoms with Crippen molar-refractivity contribution in [2.45, 2.75) is 57.6 Å². The topological polar surface area (TPSA) is 21.3 Å². The first-order chi connectivity index (χ1) is 7.13. The van der Waals surface area contributed by atoms with E-state index < -0.39 is 0 Å². The lowest BCUT2D eigenvalue weighted by molar-refractivity contribution is -0.127. The molecule has 1 aliphatic heterocycles. The molecule has 0 aromatic carbocycles. The summed E-state index contributed by atoms with van der Waals surface area (Å²) in [5, 5.41) is 3.43. The van der Waals surface area contributed by atoms with Crippen molar-refractivity contribution >= 4 is 0 Å². The van der Waals surface area contributed by atoms with E-state index in [-0.39, 0.29) is 5.60 Å². The molecule has 3 unspecified atom stereocenters. The standard InChI is InChI=1S/C13H25NO/c1-10-6-11(2)8-13(7-10)9-12(14-3)4-5-15-13/h10-12,14H,4-9H2,1-3H3. The van der Waals surface area contributed by atoms with Gasteiger partial charge in [0.05, 0.1) is 5.60 Å². The van der Waals surface area contributed by atoms with Crippen LogP contribution >= 0.6 is 0 Å². The minimum absolute atomic E-state index is 0.211. The third-order valence-electron chi connectivity index (χ3n) is 4.15. The summed E-state index contributed by atoms with van der Waals surface area (Å²) in [5.41, 5.74) is 0.211. The van der Waals surface area contributed by atoms with Gasteiger partial charge in [-0.3, -0.25) is 0 Å². The van der Waals surface area contributed by atoms with E-state index in [0.717, 1.165) is 18.4 Å². The van der Waals surface area contributed by atoms with Crippen molar-refractivity contribution in [1.29, 1.82) is 0 Å². The molecule has 2 rings (SSSR count). The van der Waals surface area contributed by atoms with E-state index >= 15 is 0 Å². The van der Waals surface area contributed by atoms with Gasteiger partial charge in [0, 0.05) is 12.6 Å². The van der Waals surface area contributed by atoms with Gasteiger partial charge in [-0.15, -0.1) is 0 Å². The molecule has 0 aromatic heterocycles. The molecule has 0 bridgehead atoms. The summed E-state index contributed by atoms with van der Waals surface area (Å²) in [5.74, 6) is 1.67. The highest BCUT2D eigenvalue weighted by Gasteiger charge is 2.42. The minimum atomic E-state index is 0.211. The molecule has 1 heterocycles. The van der Waals surface area contributed by atoms with Crippen LogP contribution < -0.4 is 5.32 Å². The second-order valence-corrected chi connectivity index (χ2v) is 5.86. The lowest BCUT2D eigenvalue weighted by Crippen LogP contribution is -2.49. The smallest absolute Gasteiger partial charge is 0.0702 e. The van der Waals surface area contributed by atoms with Crippen LogP contribution in [-0.4, -0.2) is 25.3 Å². The van der Waals surface area contributed by atoms with Crippen LogP contribution in [0.5, 0.6) is 0 Å². The summed E-state index contributed by atoms with van der Waals surface area (Å²) in [7, 11) is 2.08. The predicted octanol–water partition coefficient (Wildman–Crippen LogP) is 2.58. The van der Waals surface area contributed by atoms with Gasteiger partial charge in [0.15, 0.2) is 0 Å². The van der Waals surface area contributed by atoms with Crippen molar-refractivity contribution < 1.29 is 4.74 Å². The zero-order valence-electron chi connectivity index (χ0n) is 10.4. The van der Waals surface area contributed by atoms with Gasteiger partial charge in [-0.05, 0) is 51.0 Å². The highest BCUT2D eigenvalue weighted by Crippen LogP contribution is 2.43. The van der Waals surface area contributed by atoms with Gasteiger partial charge in [0.2, 0.25) is 0 Å². The molecular weight excluding hydrogens is 186 g/mol. The Hall–Kier alpha value is -0.0800. The molecule has 2 fully saturated rings. The Morgan fingerprint density at radius 1 is 1.13 bits per heavy atom. The molecule has 1 spiro atoms. The summed E-state index contributed by atoms with van der Waals surface area (Å²) in [6.07, 6.45) is 6.33. The van der Waals surface area contributed by atoms with Gasteiger partial charge < -0.3 is 10.1 Å².